The molecule has 0 spiro atoms. The Bertz CT molecular complexity index is 525. The third-order valence-electron chi connectivity index (χ3n) is 3.34. The summed E-state index contributed by atoms with van der Waals surface area (Å²) in [5, 5.41) is 8.29. The van der Waals surface area contributed by atoms with Gasteiger partial charge in [0.25, 0.3) is 0 Å². The second-order valence-corrected chi connectivity index (χ2v) is 6.01. The standard InChI is InChI=1S/C17H22N2OS/c1-18-11-5-10-17(20)19-15(16-9-6-12-21-16)13-14-7-3-2-4-8-14/h2-4,6-9,12,15,18H,5,10-11,13H2,1H3,(H,19,20). The minimum Gasteiger partial charge on any atom is -0.348 e. The van der Waals surface area contributed by atoms with Gasteiger partial charge in [0.15, 0.2) is 0 Å². The van der Waals surface area contributed by atoms with Crippen LogP contribution in [0.1, 0.15) is 29.3 Å². The van der Waals surface area contributed by atoms with Crippen LogP contribution < -0.4 is 10.6 Å². The molecule has 3 nitrogen and oxygen atoms in total. The van der Waals surface area contributed by atoms with Gasteiger partial charge in [0.1, 0.15) is 0 Å². The molecule has 112 valence electrons. The Morgan fingerprint density at radius 3 is 2.67 bits per heavy atom. The maximum Gasteiger partial charge on any atom is 0.220 e. The minimum absolute atomic E-state index is 0.0643. The third kappa shape index (κ3) is 5.33. The number of carbonyl (C=O) groups is 1. The largest absolute Gasteiger partial charge is 0.348 e. The highest BCUT2D eigenvalue weighted by molar-refractivity contribution is 7.10. The van der Waals surface area contributed by atoms with Gasteiger partial charge in [0.05, 0.1) is 6.04 Å². The van der Waals surface area contributed by atoms with Crippen LogP contribution in [0.25, 0.3) is 0 Å². The number of thiophene rings is 1. The van der Waals surface area contributed by atoms with E-state index >= 15 is 0 Å². The predicted molar refractivity (Wildman–Crippen MR) is 88.5 cm³/mol. The van der Waals surface area contributed by atoms with E-state index in [9.17, 15) is 4.79 Å². The van der Waals surface area contributed by atoms with Crippen LogP contribution in [-0.2, 0) is 11.2 Å². The number of benzene rings is 1. The lowest BCUT2D eigenvalue weighted by Crippen LogP contribution is -2.29. The van der Waals surface area contributed by atoms with E-state index in [0.717, 1.165) is 19.4 Å². The van der Waals surface area contributed by atoms with Gasteiger partial charge < -0.3 is 10.6 Å². The first-order valence-corrected chi connectivity index (χ1v) is 8.19. The molecule has 1 atom stereocenters. The van der Waals surface area contributed by atoms with Gasteiger partial charge in [-0.1, -0.05) is 36.4 Å². The van der Waals surface area contributed by atoms with Gasteiger partial charge in [-0.05, 0) is 43.4 Å². The van der Waals surface area contributed by atoms with Gasteiger partial charge in [0, 0.05) is 11.3 Å². The van der Waals surface area contributed by atoms with E-state index in [0.29, 0.717) is 6.42 Å². The highest BCUT2D eigenvalue weighted by Crippen LogP contribution is 2.23. The molecular weight excluding hydrogens is 280 g/mol. The smallest absolute Gasteiger partial charge is 0.220 e. The minimum atomic E-state index is 0.0643. The molecule has 1 aromatic carbocycles. The quantitative estimate of drug-likeness (QED) is 0.736. The van der Waals surface area contributed by atoms with Crippen molar-refractivity contribution >= 4 is 17.2 Å². The summed E-state index contributed by atoms with van der Waals surface area (Å²) >= 11 is 1.69. The van der Waals surface area contributed by atoms with Gasteiger partial charge in [-0.2, -0.15) is 0 Å². The number of amides is 1. The van der Waals surface area contributed by atoms with E-state index < -0.39 is 0 Å². The second-order valence-electron chi connectivity index (χ2n) is 5.03. The van der Waals surface area contributed by atoms with E-state index in [-0.39, 0.29) is 11.9 Å². The predicted octanol–water partition coefficient (Wildman–Crippen LogP) is 3.15. The van der Waals surface area contributed by atoms with Crippen LogP contribution >= 0.6 is 11.3 Å². The van der Waals surface area contributed by atoms with E-state index in [1.165, 1.54) is 10.4 Å². The molecule has 1 amide bonds. The molecular formula is C17H22N2OS. The van der Waals surface area contributed by atoms with Gasteiger partial charge in [-0.15, -0.1) is 11.3 Å². The summed E-state index contributed by atoms with van der Waals surface area (Å²) in [5.74, 6) is 0.125. The fraction of sp³-hybridized carbons (Fsp3) is 0.353. The Kier molecular flexibility index (Phi) is 6.44. The van der Waals surface area contributed by atoms with Crippen molar-refractivity contribution in [1.82, 2.24) is 10.6 Å². The maximum absolute atomic E-state index is 12.1. The van der Waals surface area contributed by atoms with Crippen molar-refractivity contribution < 1.29 is 4.79 Å². The Labute approximate surface area is 130 Å². The lowest BCUT2D eigenvalue weighted by molar-refractivity contribution is -0.121. The third-order valence-corrected chi connectivity index (χ3v) is 4.32. The van der Waals surface area contributed by atoms with Crippen molar-refractivity contribution in [3.63, 3.8) is 0 Å². The van der Waals surface area contributed by atoms with Crippen molar-refractivity contribution in [2.24, 2.45) is 0 Å². The van der Waals surface area contributed by atoms with Crippen LogP contribution in [-0.4, -0.2) is 19.5 Å². The molecule has 21 heavy (non-hydrogen) atoms. The Morgan fingerprint density at radius 2 is 2.00 bits per heavy atom. The fourth-order valence-electron chi connectivity index (χ4n) is 2.25. The zero-order chi connectivity index (χ0) is 14.9. The van der Waals surface area contributed by atoms with E-state index in [1.807, 2.05) is 31.3 Å². The zero-order valence-corrected chi connectivity index (χ0v) is 13.2. The van der Waals surface area contributed by atoms with E-state index in [1.54, 1.807) is 11.3 Å². The van der Waals surface area contributed by atoms with Gasteiger partial charge in [-0.25, -0.2) is 0 Å². The van der Waals surface area contributed by atoms with Gasteiger partial charge in [0.2, 0.25) is 5.91 Å². The average molecular weight is 302 g/mol. The Morgan fingerprint density at radius 1 is 1.19 bits per heavy atom. The molecule has 0 fully saturated rings. The lowest BCUT2D eigenvalue weighted by atomic mass is 10.0. The molecule has 2 rings (SSSR count). The highest BCUT2D eigenvalue weighted by Gasteiger charge is 2.16. The van der Waals surface area contributed by atoms with E-state index in [2.05, 4.69) is 34.2 Å². The monoisotopic (exact) mass is 302 g/mol. The van der Waals surface area contributed by atoms with Gasteiger partial charge >= 0.3 is 0 Å². The molecule has 1 unspecified atom stereocenters. The summed E-state index contributed by atoms with van der Waals surface area (Å²) in [5.41, 5.74) is 1.24. The van der Waals surface area contributed by atoms with Crippen LogP contribution in [0.3, 0.4) is 0 Å². The summed E-state index contributed by atoms with van der Waals surface area (Å²) < 4.78 is 0. The average Bonchev–Trinajstić information content (AvgIpc) is 3.02. The summed E-state index contributed by atoms with van der Waals surface area (Å²) in [4.78, 5) is 13.3. The topological polar surface area (TPSA) is 41.1 Å². The lowest BCUT2D eigenvalue weighted by Gasteiger charge is -2.18. The summed E-state index contributed by atoms with van der Waals surface area (Å²) in [6.07, 6.45) is 2.27. The molecule has 0 bridgehead atoms. The molecule has 0 aliphatic heterocycles. The summed E-state index contributed by atoms with van der Waals surface area (Å²) in [6, 6.07) is 14.5. The SMILES string of the molecule is CNCCCC(=O)NC(Cc1ccccc1)c1cccs1. The van der Waals surface area contributed by atoms with Crippen molar-refractivity contribution in [3.05, 3.63) is 58.3 Å². The molecule has 0 aliphatic carbocycles. The summed E-state index contributed by atoms with van der Waals surface area (Å²) in [7, 11) is 1.90. The van der Waals surface area contributed by atoms with E-state index in [4.69, 9.17) is 0 Å². The molecule has 1 heterocycles. The first-order chi connectivity index (χ1) is 10.3. The summed E-state index contributed by atoms with van der Waals surface area (Å²) in [6.45, 7) is 0.871. The number of rotatable bonds is 8. The van der Waals surface area contributed by atoms with Crippen molar-refractivity contribution in [2.45, 2.75) is 25.3 Å². The molecule has 2 N–H and O–H groups in total. The Balaban J connectivity index is 1.98. The molecule has 0 saturated carbocycles. The Hall–Kier alpha value is -1.65. The number of hydrogen-bond acceptors (Lipinski definition) is 3. The van der Waals surface area contributed by atoms with Crippen LogP contribution in [0.4, 0.5) is 0 Å². The fourth-order valence-corrected chi connectivity index (χ4v) is 3.03. The molecule has 0 saturated heterocycles. The highest BCUT2D eigenvalue weighted by atomic mass is 32.1. The van der Waals surface area contributed by atoms with Crippen LogP contribution in [0.15, 0.2) is 47.8 Å². The van der Waals surface area contributed by atoms with Crippen molar-refractivity contribution in [1.29, 1.82) is 0 Å². The number of hydrogen-bond donors (Lipinski definition) is 2. The maximum atomic E-state index is 12.1. The van der Waals surface area contributed by atoms with Crippen molar-refractivity contribution in [3.8, 4) is 0 Å². The number of carbonyl (C=O) groups excluding carboxylic acids is 1. The van der Waals surface area contributed by atoms with Crippen LogP contribution in [0.2, 0.25) is 0 Å². The molecule has 1 aromatic heterocycles. The van der Waals surface area contributed by atoms with Crippen molar-refractivity contribution in [2.75, 3.05) is 13.6 Å². The van der Waals surface area contributed by atoms with Crippen LogP contribution in [0, 0.1) is 0 Å². The molecule has 4 heteroatoms. The first kappa shape index (κ1) is 15.7. The zero-order valence-electron chi connectivity index (χ0n) is 12.3. The normalized spacial score (nSPS) is 12.0. The van der Waals surface area contributed by atoms with Crippen LogP contribution in [0.5, 0.6) is 0 Å². The molecule has 2 aromatic rings. The first-order valence-electron chi connectivity index (χ1n) is 7.31. The molecule has 0 radical (unpaired) electrons. The number of nitrogens with one attached hydrogen (secondary N) is 2. The molecule has 0 aliphatic rings. The van der Waals surface area contributed by atoms with Gasteiger partial charge in [-0.3, -0.25) is 4.79 Å². The second kappa shape index (κ2) is 8.60.